The van der Waals surface area contributed by atoms with Crippen molar-refractivity contribution >= 4 is 11.9 Å². The summed E-state index contributed by atoms with van der Waals surface area (Å²) >= 11 is 0. The normalized spacial score (nSPS) is 13.2. The van der Waals surface area contributed by atoms with Gasteiger partial charge in [0.05, 0.1) is 0 Å². The van der Waals surface area contributed by atoms with Crippen LogP contribution in [0.1, 0.15) is 193 Å². The van der Waals surface area contributed by atoms with Crippen molar-refractivity contribution in [2.24, 2.45) is 5.73 Å². The molecule has 0 bridgehead atoms. The van der Waals surface area contributed by atoms with E-state index in [0.717, 1.165) is 57.9 Å². The number of carboxylic acid groups (broad SMARTS) is 2. The molecule has 6 heteroatoms. The first-order valence-corrected chi connectivity index (χ1v) is 19.2. The van der Waals surface area contributed by atoms with Crippen LogP contribution in [0.3, 0.4) is 0 Å². The zero-order chi connectivity index (χ0) is 33.1. The van der Waals surface area contributed by atoms with E-state index in [1.54, 1.807) is 0 Å². The van der Waals surface area contributed by atoms with Gasteiger partial charge in [-0.05, 0) is 90.5 Å². The molecular weight excluding hydrogens is 560 g/mol. The summed E-state index contributed by atoms with van der Waals surface area (Å²) in [4.78, 5) is 21.0. The van der Waals surface area contributed by atoms with Crippen LogP contribution >= 0.6 is 0 Å². The third kappa shape index (κ3) is 36.7. The fourth-order valence-electron chi connectivity index (χ4n) is 5.88. The molecule has 0 saturated heterocycles. The monoisotopic (exact) mass is 635 g/mol. The van der Waals surface area contributed by atoms with E-state index in [2.05, 4.69) is 36.5 Å². The van der Waals surface area contributed by atoms with E-state index in [1.807, 2.05) is 0 Å². The SMILES string of the molecule is CC(N)C(CCCCCCCCC=CCCCCCCCC(=O)O)NCCCCCCCCC=CCCCCCCCC(=O)O. The second-order valence-electron chi connectivity index (χ2n) is 13.4. The molecule has 0 aromatic carbocycles. The Morgan fingerprint density at radius 2 is 0.822 bits per heavy atom. The van der Waals surface area contributed by atoms with E-state index in [9.17, 15) is 9.59 Å². The first-order chi connectivity index (χ1) is 21.9. The Labute approximate surface area is 278 Å². The van der Waals surface area contributed by atoms with Crippen molar-refractivity contribution in [3.05, 3.63) is 24.3 Å². The molecule has 0 aliphatic carbocycles. The summed E-state index contributed by atoms with van der Waals surface area (Å²) in [7, 11) is 0. The van der Waals surface area contributed by atoms with Crippen LogP contribution in [0, 0.1) is 0 Å². The first kappa shape index (κ1) is 43.3. The summed E-state index contributed by atoms with van der Waals surface area (Å²) in [5, 5.41) is 21.0. The van der Waals surface area contributed by atoms with E-state index >= 15 is 0 Å². The van der Waals surface area contributed by atoms with Gasteiger partial charge in [-0.3, -0.25) is 9.59 Å². The standard InChI is InChI=1S/C39H74N2O4/c1-36(40)37(32-28-24-20-16-12-8-4-2-5-9-13-17-21-25-29-33-38(42)43)41-35-31-27-23-19-15-11-7-3-6-10-14-18-22-26-30-34-39(44)45/h2-3,5-6,36-37,41H,4,7-35,40H2,1H3,(H,42,43)(H,44,45). The van der Waals surface area contributed by atoms with E-state index in [4.69, 9.17) is 15.9 Å². The lowest BCUT2D eigenvalue weighted by Crippen LogP contribution is -2.43. The minimum absolute atomic E-state index is 0.214. The maximum absolute atomic E-state index is 10.5. The third-order valence-corrected chi connectivity index (χ3v) is 8.83. The van der Waals surface area contributed by atoms with Gasteiger partial charge in [-0.1, -0.05) is 121 Å². The summed E-state index contributed by atoms with van der Waals surface area (Å²) in [6.07, 6.45) is 42.6. The fourth-order valence-corrected chi connectivity index (χ4v) is 5.88. The fraction of sp³-hybridized carbons (Fsp3) is 0.846. The maximum Gasteiger partial charge on any atom is 0.303 e. The van der Waals surface area contributed by atoms with Crippen LogP contribution in [0.25, 0.3) is 0 Å². The van der Waals surface area contributed by atoms with Crippen molar-refractivity contribution in [3.8, 4) is 0 Å². The van der Waals surface area contributed by atoms with Gasteiger partial charge in [0.1, 0.15) is 0 Å². The van der Waals surface area contributed by atoms with Crippen molar-refractivity contribution < 1.29 is 19.8 Å². The summed E-state index contributed by atoms with van der Waals surface area (Å²) in [5.74, 6) is -1.35. The van der Waals surface area contributed by atoms with Gasteiger partial charge in [-0.2, -0.15) is 0 Å². The Bertz CT molecular complexity index is 707. The molecule has 0 heterocycles. The molecule has 0 fully saturated rings. The van der Waals surface area contributed by atoms with Crippen LogP contribution in [0.2, 0.25) is 0 Å². The summed E-state index contributed by atoms with van der Waals surface area (Å²) in [5.41, 5.74) is 6.28. The Kier molecular flexibility index (Phi) is 33.9. The molecule has 0 aromatic rings. The number of rotatable bonds is 36. The van der Waals surface area contributed by atoms with Gasteiger partial charge in [-0.25, -0.2) is 0 Å². The molecule has 0 amide bonds. The number of nitrogens with two attached hydrogens (primary N) is 1. The van der Waals surface area contributed by atoms with E-state index in [0.29, 0.717) is 18.9 Å². The van der Waals surface area contributed by atoms with Gasteiger partial charge < -0.3 is 21.3 Å². The van der Waals surface area contributed by atoms with Gasteiger partial charge in [0, 0.05) is 24.9 Å². The van der Waals surface area contributed by atoms with Crippen LogP contribution in [-0.4, -0.2) is 40.8 Å². The number of hydrogen-bond donors (Lipinski definition) is 4. The Morgan fingerprint density at radius 1 is 0.511 bits per heavy atom. The number of allylic oxidation sites excluding steroid dienone is 4. The van der Waals surface area contributed by atoms with Crippen molar-refractivity contribution in [3.63, 3.8) is 0 Å². The summed E-state index contributed by atoms with van der Waals surface area (Å²) in [6, 6.07) is 0.661. The average molecular weight is 635 g/mol. The Balaban J connectivity index is 3.46. The number of aliphatic carboxylic acids is 2. The highest BCUT2D eigenvalue weighted by Gasteiger charge is 2.12. The molecule has 0 spiro atoms. The van der Waals surface area contributed by atoms with Gasteiger partial charge in [0.2, 0.25) is 0 Å². The minimum atomic E-state index is -0.673. The molecular formula is C39H74N2O4. The van der Waals surface area contributed by atoms with Crippen LogP contribution in [0.4, 0.5) is 0 Å². The van der Waals surface area contributed by atoms with E-state index < -0.39 is 11.9 Å². The largest absolute Gasteiger partial charge is 0.481 e. The summed E-state index contributed by atoms with van der Waals surface area (Å²) in [6.45, 7) is 3.24. The number of unbranched alkanes of at least 4 members (excludes halogenated alkanes) is 22. The van der Waals surface area contributed by atoms with Crippen molar-refractivity contribution in [1.82, 2.24) is 5.32 Å². The van der Waals surface area contributed by atoms with Gasteiger partial charge in [0.25, 0.3) is 0 Å². The topological polar surface area (TPSA) is 113 Å². The van der Waals surface area contributed by atoms with Crippen LogP contribution in [-0.2, 0) is 9.59 Å². The molecule has 0 aliphatic heterocycles. The lowest BCUT2D eigenvalue weighted by molar-refractivity contribution is -0.138. The molecule has 0 rings (SSSR count). The van der Waals surface area contributed by atoms with E-state index in [1.165, 1.54) is 122 Å². The zero-order valence-corrected chi connectivity index (χ0v) is 29.5. The molecule has 0 aliphatic rings. The molecule has 5 N–H and O–H groups in total. The molecule has 2 atom stereocenters. The highest BCUT2D eigenvalue weighted by atomic mass is 16.4. The highest BCUT2D eigenvalue weighted by Crippen LogP contribution is 2.13. The molecule has 0 radical (unpaired) electrons. The molecule has 6 nitrogen and oxygen atoms in total. The minimum Gasteiger partial charge on any atom is -0.481 e. The van der Waals surface area contributed by atoms with Crippen molar-refractivity contribution in [1.29, 1.82) is 0 Å². The summed E-state index contributed by atoms with van der Waals surface area (Å²) < 4.78 is 0. The quantitative estimate of drug-likeness (QED) is 0.0403. The second kappa shape index (κ2) is 35.2. The van der Waals surface area contributed by atoms with Crippen molar-refractivity contribution in [2.75, 3.05) is 6.54 Å². The Morgan fingerprint density at radius 3 is 1.18 bits per heavy atom. The van der Waals surface area contributed by atoms with Crippen LogP contribution in [0.15, 0.2) is 24.3 Å². The molecule has 264 valence electrons. The molecule has 0 saturated carbocycles. The second-order valence-corrected chi connectivity index (χ2v) is 13.4. The third-order valence-electron chi connectivity index (χ3n) is 8.83. The number of hydrogen-bond acceptors (Lipinski definition) is 4. The molecule has 0 aromatic heterocycles. The predicted octanol–water partition coefficient (Wildman–Crippen LogP) is 10.9. The van der Waals surface area contributed by atoms with E-state index in [-0.39, 0.29) is 6.04 Å². The van der Waals surface area contributed by atoms with Crippen LogP contribution in [0.5, 0.6) is 0 Å². The maximum atomic E-state index is 10.5. The first-order valence-electron chi connectivity index (χ1n) is 19.2. The van der Waals surface area contributed by atoms with Crippen LogP contribution < -0.4 is 11.1 Å². The predicted molar refractivity (Wildman–Crippen MR) is 193 cm³/mol. The molecule has 45 heavy (non-hydrogen) atoms. The molecule has 2 unspecified atom stereocenters. The van der Waals surface area contributed by atoms with Crippen molar-refractivity contribution in [2.45, 2.75) is 205 Å². The number of nitrogens with one attached hydrogen (secondary N) is 1. The number of carbonyl (C=O) groups is 2. The van der Waals surface area contributed by atoms with Gasteiger partial charge in [0.15, 0.2) is 0 Å². The Hall–Kier alpha value is -1.66. The van der Waals surface area contributed by atoms with Gasteiger partial charge in [-0.15, -0.1) is 0 Å². The smallest absolute Gasteiger partial charge is 0.303 e. The number of carboxylic acids is 2. The lowest BCUT2D eigenvalue weighted by atomic mass is 10.0. The zero-order valence-electron chi connectivity index (χ0n) is 29.5. The van der Waals surface area contributed by atoms with Gasteiger partial charge >= 0.3 is 11.9 Å². The lowest BCUT2D eigenvalue weighted by Gasteiger charge is -2.22. The average Bonchev–Trinajstić information content (AvgIpc) is 3.00. The highest BCUT2D eigenvalue weighted by molar-refractivity contribution is 5.66.